The predicted octanol–water partition coefficient (Wildman–Crippen LogP) is 1.74. The topological polar surface area (TPSA) is 97.1 Å². The van der Waals surface area contributed by atoms with E-state index in [0.717, 1.165) is 0 Å². The molecule has 0 amide bonds. The Morgan fingerprint density at radius 1 is 1.40 bits per heavy atom. The molecule has 0 saturated heterocycles. The summed E-state index contributed by atoms with van der Waals surface area (Å²) in [6, 6.07) is 8.86. The number of nitrogens with two attached hydrogens (primary N) is 1. The SMILES string of the molecule is N#Cc1c(OCCCO)nn(-c2ccc(Cl)cc2)c1N. The monoisotopic (exact) mass is 292 g/mol. The van der Waals surface area contributed by atoms with Crippen molar-refractivity contribution in [2.75, 3.05) is 18.9 Å². The Kier molecular flexibility index (Phi) is 4.45. The van der Waals surface area contributed by atoms with Crippen LogP contribution >= 0.6 is 11.6 Å². The molecule has 1 aromatic heterocycles. The van der Waals surface area contributed by atoms with E-state index in [1.54, 1.807) is 24.3 Å². The summed E-state index contributed by atoms with van der Waals surface area (Å²) >= 11 is 5.83. The van der Waals surface area contributed by atoms with Crippen LogP contribution in [0.1, 0.15) is 12.0 Å². The minimum atomic E-state index is 0.00919. The number of benzene rings is 1. The number of anilines is 1. The number of aromatic nitrogens is 2. The van der Waals surface area contributed by atoms with Crippen molar-refractivity contribution in [3.8, 4) is 17.6 Å². The van der Waals surface area contributed by atoms with Crippen LogP contribution in [0.4, 0.5) is 5.82 Å². The summed E-state index contributed by atoms with van der Waals surface area (Å²) in [5.74, 6) is 0.363. The highest BCUT2D eigenvalue weighted by Gasteiger charge is 2.17. The van der Waals surface area contributed by atoms with Crippen molar-refractivity contribution >= 4 is 17.4 Å². The number of hydrogen-bond acceptors (Lipinski definition) is 5. The molecule has 2 aromatic rings. The normalized spacial score (nSPS) is 10.2. The number of hydrogen-bond donors (Lipinski definition) is 2. The molecule has 0 radical (unpaired) electrons. The van der Waals surface area contributed by atoms with Crippen molar-refractivity contribution < 1.29 is 9.84 Å². The van der Waals surface area contributed by atoms with Crippen LogP contribution in [0.5, 0.6) is 5.88 Å². The molecule has 3 N–H and O–H groups in total. The molecule has 20 heavy (non-hydrogen) atoms. The second kappa shape index (κ2) is 6.28. The maximum atomic E-state index is 9.13. The molecule has 0 saturated carbocycles. The number of ether oxygens (including phenoxy) is 1. The zero-order valence-electron chi connectivity index (χ0n) is 10.6. The minimum absolute atomic E-state index is 0.00919. The van der Waals surface area contributed by atoms with E-state index in [-0.39, 0.29) is 30.5 Å². The Hall–Kier alpha value is -2.23. The number of aliphatic hydroxyl groups is 1. The number of nitrogen functional groups attached to an aromatic ring is 1. The molecule has 1 heterocycles. The van der Waals surface area contributed by atoms with Gasteiger partial charge in [-0.3, -0.25) is 0 Å². The van der Waals surface area contributed by atoms with Gasteiger partial charge in [0.2, 0.25) is 0 Å². The van der Waals surface area contributed by atoms with Crippen molar-refractivity contribution in [3.63, 3.8) is 0 Å². The van der Waals surface area contributed by atoms with Gasteiger partial charge in [0.15, 0.2) is 5.56 Å². The largest absolute Gasteiger partial charge is 0.476 e. The zero-order valence-corrected chi connectivity index (χ0v) is 11.3. The summed E-state index contributed by atoms with van der Waals surface area (Å²) in [6.45, 7) is 0.275. The number of nitrogens with zero attached hydrogens (tertiary/aromatic N) is 3. The third kappa shape index (κ3) is 2.85. The molecule has 1 aromatic carbocycles. The van der Waals surface area contributed by atoms with Crippen LogP contribution in [0.2, 0.25) is 5.02 Å². The molecular weight excluding hydrogens is 280 g/mol. The summed E-state index contributed by atoms with van der Waals surface area (Å²) in [5.41, 5.74) is 6.76. The zero-order chi connectivity index (χ0) is 14.5. The van der Waals surface area contributed by atoms with E-state index in [1.807, 2.05) is 6.07 Å². The summed E-state index contributed by atoms with van der Waals surface area (Å²) < 4.78 is 6.77. The van der Waals surface area contributed by atoms with E-state index in [4.69, 9.17) is 32.4 Å². The third-order valence-corrected chi connectivity index (χ3v) is 2.87. The molecule has 0 aliphatic heterocycles. The highest BCUT2D eigenvalue weighted by atomic mass is 35.5. The average Bonchev–Trinajstić information content (AvgIpc) is 2.76. The van der Waals surface area contributed by atoms with Crippen LogP contribution in [0.25, 0.3) is 5.69 Å². The van der Waals surface area contributed by atoms with Crippen LogP contribution in [-0.2, 0) is 0 Å². The molecule has 2 rings (SSSR count). The van der Waals surface area contributed by atoms with Crippen LogP contribution in [0.3, 0.4) is 0 Å². The lowest BCUT2D eigenvalue weighted by Crippen LogP contribution is -2.03. The van der Waals surface area contributed by atoms with Gasteiger partial charge in [0.25, 0.3) is 5.88 Å². The van der Waals surface area contributed by atoms with E-state index >= 15 is 0 Å². The van der Waals surface area contributed by atoms with Crippen molar-refractivity contribution in [2.24, 2.45) is 0 Å². The van der Waals surface area contributed by atoms with Crippen LogP contribution < -0.4 is 10.5 Å². The molecule has 0 aliphatic carbocycles. The van der Waals surface area contributed by atoms with Gasteiger partial charge >= 0.3 is 0 Å². The molecule has 6 nitrogen and oxygen atoms in total. The predicted molar refractivity (Wildman–Crippen MR) is 74.9 cm³/mol. The molecule has 104 valence electrons. The number of halogens is 1. The van der Waals surface area contributed by atoms with Gasteiger partial charge in [-0.05, 0) is 24.3 Å². The van der Waals surface area contributed by atoms with E-state index in [2.05, 4.69) is 5.10 Å². The molecule has 0 spiro atoms. The van der Waals surface area contributed by atoms with Crippen molar-refractivity contribution in [1.82, 2.24) is 9.78 Å². The fourth-order valence-corrected chi connectivity index (χ4v) is 1.75. The number of nitriles is 1. The molecule has 0 fully saturated rings. The second-order valence-corrected chi connectivity index (χ2v) is 4.43. The Labute approximate surface area is 120 Å². The van der Waals surface area contributed by atoms with Gasteiger partial charge in [-0.2, -0.15) is 5.26 Å². The van der Waals surface area contributed by atoms with Gasteiger partial charge in [-0.1, -0.05) is 11.6 Å². The summed E-state index contributed by atoms with van der Waals surface area (Å²) in [7, 11) is 0. The summed E-state index contributed by atoms with van der Waals surface area (Å²) in [5, 5.41) is 22.6. The maximum Gasteiger partial charge on any atom is 0.253 e. The molecule has 0 atom stereocenters. The van der Waals surface area contributed by atoms with Crippen LogP contribution in [0.15, 0.2) is 24.3 Å². The Balaban J connectivity index is 2.35. The highest BCUT2D eigenvalue weighted by Crippen LogP contribution is 2.26. The Bertz CT molecular complexity index is 631. The van der Waals surface area contributed by atoms with Gasteiger partial charge in [0.05, 0.1) is 12.3 Å². The van der Waals surface area contributed by atoms with Crippen molar-refractivity contribution in [1.29, 1.82) is 5.26 Å². The standard InChI is InChI=1S/C13H13ClN4O2/c14-9-2-4-10(5-3-9)18-12(16)11(8-15)13(17-18)20-7-1-6-19/h2-5,19H,1,6-7,16H2. The third-order valence-electron chi connectivity index (χ3n) is 2.61. The lowest BCUT2D eigenvalue weighted by Gasteiger charge is -2.03. The molecule has 0 unspecified atom stereocenters. The maximum absolute atomic E-state index is 9.13. The van der Waals surface area contributed by atoms with Gasteiger partial charge in [0.1, 0.15) is 11.9 Å². The molecule has 7 heteroatoms. The van der Waals surface area contributed by atoms with E-state index < -0.39 is 0 Å². The fourth-order valence-electron chi connectivity index (χ4n) is 1.63. The summed E-state index contributed by atoms with van der Waals surface area (Å²) in [4.78, 5) is 0. The molecular formula is C13H13ClN4O2. The minimum Gasteiger partial charge on any atom is -0.476 e. The van der Waals surface area contributed by atoms with Gasteiger partial charge in [-0.25, -0.2) is 4.68 Å². The fraction of sp³-hybridized carbons (Fsp3) is 0.231. The van der Waals surface area contributed by atoms with Gasteiger partial charge in [-0.15, -0.1) is 5.10 Å². The first-order valence-electron chi connectivity index (χ1n) is 5.95. The first-order valence-corrected chi connectivity index (χ1v) is 6.33. The molecule has 0 aliphatic rings. The van der Waals surface area contributed by atoms with Crippen LogP contribution in [-0.4, -0.2) is 28.1 Å². The quantitative estimate of drug-likeness (QED) is 0.818. The number of rotatable bonds is 5. The van der Waals surface area contributed by atoms with Gasteiger partial charge < -0.3 is 15.6 Å². The van der Waals surface area contributed by atoms with Gasteiger partial charge in [0, 0.05) is 18.1 Å². The van der Waals surface area contributed by atoms with E-state index in [0.29, 0.717) is 17.1 Å². The second-order valence-electron chi connectivity index (χ2n) is 3.99. The van der Waals surface area contributed by atoms with Crippen molar-refractivity contribution in [2.45, 2.75) is 6.42 Å². The smallest absolute Gasteiger partial charge is 0.253 e. The van der Waals surface area contributed by atoms with Crippen molar-refractivity contribution in [3.05, 3.63) is 34.9 Å². The van der Waals surface area contributed by atoms with Crippen LogP contribution in [0, 0.1) is 11.3 Å². The lowest BCUT2D eigenvalue weighted by molar-refractivity contribution is 0.228. The Morgan fingerprint density at radius 3 is 2.70 bits per heavy atom. The highest BCUT2D eigenvalue weighted by molar-refractivity contribution is 6.30. The van der Waals surface area contributed by atoms with E-state index in [9.17, 15) is 0 Å². The van der Waals surface area contributed by atoms with E-state index in [1.165, 1.54) is 4.68 Å². The lowest BCUT2D eigenvalue weighted by atomic mass is 10.3. The average molecular weight is 293 g/mol. The first kappa shape index (κ1) is 14.2. The molecule has 0 bridgehead atoms. The Morgan fingerprint density at radius 2 is 2.10 bits per heavy atom. The summed E-state index contributed by atoms with van der Waals surface area (Å²) in [6.07, 6.45) is 0.457. The first-order chi connectivity index (χ1) is 9.67. The number of aliphatic hydroxyl groups excluding tert-OH is 1.